The van der Waals surface area contributed by atoms with Gasteiger partial charge in [0.2, 0.25) is 0 Å². The molecule has 0 bridgehead atoms. The molecular formula is C80H76BN3. The molecule has 0 saturated heterocycles. The topological polar surface area (TPSA) is 9.72 Å². The Bertz CT molecular complexity index is 4230. The highest BCUT2D eigenvalue weighted by Crippen LogP contribution is 2.65. The third kappa shape index (κ3) is 8.13. The normalized spacial score (nSPS) is 19.1. The van der Waals surface area contributed by atoms with Crippen LogP contribution in [0.15, 0.2) is 224 Å². The number of benzene rings is 10. The summed E-state index contributed by atoms with van der Waals surface area (Å²) in [6.07, 6.45) is 6.59. The van der Waals surface area contributed by atoms with Crippen molar-refractivity contribution < 1.29 is 0 Å². The highest BCUT2D eigenvalue weighted by atomic mass is 15.3. The van der Waals surface area contributed by atoms with E-state index in [0.717, 1.165) is 37.8 Å². The van der Waals surface area contributed by atoms with E-state index in [0.29, 0.717) is 0 Å². The largest absolute Gasteiger partial charge is 0.334 e. The molecule has 10 aromatic rings. The van der Waals surface area contributed by atoms with Crippen molar-refractivity contribution in [3.05, 3.63) is 258 Å². The molecule has 414 valence electrons. The van der Waals surface area contributed by atoms with Crippen molar-refractivity contribution in [2.45, 2.75) is 123 Å². The number of hydrogen-bond donors (Lipinski definition) is 0. The SMILES string of the molecule is CC1(C)Cc2cc3c(cc2C1)N(c1ccc(C(C)(C)C)cc1-c1ccccc1)c1cc(N2c4ccc(C(C)(C)C)cc4C4(c5ccccc5)CCCCC24C)cc2c1B3c1ccc(-c3ccccc3)cc1N2c1cccc(-c2ccccc2)c1. The molecule has 0 amide bonds. The Morgan fingerprint density at radius 1 is 0.393 bits per heavy atom. The smallest absolute Gasteiger partial charge is 0.252 e. The van der Waals surface area contributed by atoms with Crippen LogP contribution >= 0.6 is 0 Å². The number of anilines is 8. The van der Waals surface area contributed by atoms with Gasteiger partial charge in [0, 0.05) is 50.8 Å². The first-order chi connectivity index (χ1) is 40.5. The van der Waals surface area contributed by atoms with Crippen LogP contribution in [0, 0.1) is 5.41 Å². The Morgan fingerprint density at radius 3 is 1.60 bits per heavy atom. The quantitative estimate of drug-likeness (QED) is 0.147. The Hall–Kier alpha value is -8.34. The van der Waals surface area contributed by atoms with Gasteiger partial charge in [-0.1, -0.05) is 238 Å². The van der Waals surface area contributed by atoms with Crippen LogP contribution in [0.5, 0.6) is 0 Å². The molecule has 3 nitrogen and oxygen atoms in total. The molecule has 84 heavy (non-hydrogen) atoms. The zero-order valence-corrected chi connectivity index (χ0v) is 50.5. The van der Waals surface area contributed by atoms with Crippen LogP contribution in [0.1, 0.15) is 121 Å². The molecule has 2 aliphatic carbocycles. The van der Waals surface area contributed by atoms with Gasteiger partial charge >= 0.3 is 0 Å². The average Bonchev–Trinajstić information content (AvgIpc) is 1.37. The van der Waals surface area contributed by atoms with E-state index in [-0.39, 0.29) is 33.9 Å². The van der Waals surface area contributed by atoms with Gasteiger partial charge in [-0.15, -0.1) is 0 Å². The van der Waals surface area contributed by atoms with Crippen LogP contribution in [0.4, 0.5) is 45.5 Å². The molecule has 0 N–H and O–H groups in total. The zero-order chi connectivity index (χ0) is 57.5. The fourth-order valence-corrected chi connectivity index (χ4v) is 16.1. The Labute approximate surface area is 499 Å². The Morgan fingerprint density at radius 2 is 0.940 bits per heavy atom. The van der Waals surface area contributed by atoms with Crippen molar-refractivity contribution >= 4 is 68.6 Å². The predicted molar refractivity (Wildman–Crippen MR) is 358 cm³/mol. The second-order valence-corrected chi connectivity index (χ2v) is 28.2. The molecule has 2 unspecified atom stereocenters. The van der Waals surface area contributed by atoms with E-state index < -0.39 is 0 Å². The summed E-state index contributed by atoms with van der Waals surface area (Å²) in [6.45, 7) is 21.7. The van der Waals surface area contributed by atoms with Crippen LogP contribution in [-0.4, -0.2) is 12.3 Å². The van der Waals surface area contributed by atoms with Gasteiger partial charge in [-0.25, -0.2) is 0 Å². The summed E-state index contributed by atoms with van der Waals surface area (Å²) in [5, 5.41) is 0. The lowest BCUT2D eigenvalue weighted by atomic mass is 9.33. The molecule has 2 atom stereocenters. The maximum Gasteiger partial charge on any atom is 0.252 e. The first kappa shape index (κ1) is 52.5. The zero-order valence-electron chi connectivity index (χ0n) is 50.5. The maximum absolute atomic E-state index is 2.86. The van der Waals surface area contributed by atoms with Crippen molar-refractivity contribution in [3.63, 3.8) is 0 Å². The molecule has 5 aliphatic rings. The first-order valence-electron chi connectivity index (χ1n) is 31.0. The maximum atomic E-state index is 2.86. The van der Waals surface area contributed by atoms with Gasteiger partial charge in [0.15, 0.2) is 0 Å². The number of nitrogens with zero attached hydrogens (tertiary/aromatic N) is 3. The molecule has 15 rings (SSSR count). The predicted octanol–water partition coefficient (Wildman–Crippen LogP) is 19.3. The Balaban J connectivity index is 1.09. The van der Waals surface area contributed by atoms with E-state index in [9.17, 15) is 0 Å². The van der Waals surface area contributed by atoms with E-state index in [4.69, 9.17) is 0 Å². The van der Waals surface area contributed by atoms with Crippen LogP contribution in [0.25, 0.3) is 33.4 Å². The molecule has 4 heteroatoms. The van der Waals surface area contributed by atoms with Gasteiger partial charge in [0.25, 0.3) is 6.71 Å². The van der Waals surface area contributed by atoms with Crippen LogP contribution in [0.3, 0.4) is 0 Å². The van der Waals surface area contributed by atoms with E-state index >= 15 is 0 Å². The van der Waals surface area contributed by atoms with E-state index in [2.05, 4.69) is 301 Å². The molecule has 0 radical (unpaired) electrons. The van der Waals surface area contributed by atoms with Crippen LogP contribution < -0.4 is 31.1 Å². The minimum absolute atomic E-state index is 0.0283. The third-order valence-corrected chi connectivity index (χ3v) is 20.2. The van der Waals surface area contributed by atoms with Gasteiger partial charge in [0.05, 0.1) is 11.2 Å². The molecule has 1 saturated carbocycles. The van der Waals surface area contributed by atoms with Gasteiger partial charge in [-0.3, -0.25) is 0 Å². The summed E-state index contributed by atoms with van der Waals surface area (Å²) in [6, 6.07) is 87.1. The van der Waals surface area contributed by atoms with Gasteiger partial charge < -0.3 is 14.7 Å². The van der Waals surface area contributed by atoms with E-state index in [1.54, 1.807) is 0 Å². The third-order valence-electron chi connectivity index (χ3n) is 20.2. The summed E-state index contributed by atoms with van der Waals surface area (Å²) < 4.78 is 0. The lowest BCUT2D eigenvalue weighted by molar-refractivity contribution is 0.215. The lowest BCUT2D eigenvalue weighted by Crippen LogP contribution is -2.61. The van der Waals surface area contributed by atoms with Gasteiger partial charge in [-0.05, 0) is 181 Å². The minimum Gasteiger partial charge on any atom is -0.334 e. The lowest BCUT2D eigenvalue weighted by Gasteiger charge is -2.53. The van der Waals surface area contributed by atoms with Gasteiger partial charge in [0.1, 0.15) is 0 Å². The summed E-state index contributed by atoms with van der Waals surface area (Å²) in [7, 11) is 0. The van der Waals surface area contributed by atoms with E-state index in [1.807, 2.05) is 0 Å². The highest BCUT2D eigenvalue weighted by molar-refractivity contribution is 7.00. The fraction of sp³-hybridized carbons (Fsp3) is 0.250. The number of hydrogen-bond acceptors (Lipinski definition) is 3. The second kappa shape index (κ2) is 19.1. The first-order valence-corrected chi connectivity index (χ1v) is 31.0. The summed E-state index contributed by atoms with van der Waals surface area (Å²) >= 11 is 0. The molecule has 0 spiro atoms. The molecule has 0 aromatic heterocycles. The van der Waals surface area contributed by atoms with Crippen molar-refractivity contribution in [1.82, 2.24) is 0 Å². The summed E-state index contributed by atoms with van der Waals surface area (Å²) in [5.41, 5.74) is 29.2. The fourth-order valence-electron chi connectivity index (χ4n) is 16.1. The van der Waals surface area contributed by atoms with E-state index in [1.165, 1.54) is 129 Å². The monoisotopic (exact) mass is 1090 g/mol. The molecular weight excluding hydrogens is 1010 g/mol. The summed E-state index contributed by atoms with van der Waals surface area (Å²) in [4.78, 5) is 8.27. The standard InChI is InChI=1S/C80H76BN3/c1-76(2,3)61-36-39-69(65(47-61)55-29-18-12-19-30-55)83-72-46-59-52-78(7,8)51-58(59)44-68(72)81-67-38-35-57(54-27-16-11-17-28-54)45-71(67)82(63-34-24-31-56(43-63)53-25-14-10-15-26-53)73-49-64(50-74(83)75(73)81)84-70-40-37-62(77(4,5)6)48-66(70)80(60-32-20-13-21-33-60)42-23-22-41-79(80,84)9/h10-21,24-40,43-50H,22-23,41-42,51-52H2,1-9H3. The van der Waals surface area contributed by atoms with Gasteiger partial charge in [-0.2, -0.15) is 0 Å². The molecule has 3 aliphatic heterocycles. The summed E-state index contributed by atoms with van der Waals surface area (Å²) in [5.74, 6) is 0. The minimum atomic E-state index is -0.315. The van der Waals surface area contributed by atoms with Crippen molar-refractivity contribution in [2.75, 3.05) is 14.7 Å². The van der Waals surface area contributed by atoms with Crippen molar-refractivity contribution in [2.24, 2.45) is 5.41 Å². The number of rotatable bonds is 7. The molecule has 3 heterocycles. The van der Waals surface area contributed by atoms with Crippen LogP contribution in [0.2, 0.25) is 0 Å². The van der Waals surface area contributed by atoms with Crippen molar-refractivity contribution in [1.29, 1.82) is 0 Å². The average molecular weight is 1090 g/mol. The molecule has 10 aromatic carbocycles. The van der Waals surface area contributed by atoms with Crippen LogP contribution in [-0.2, 0) is 29.1 Å². The number of fused-ring (bicyclic) bond motifs is 8. The Kier molecular flexibility index (Phi) is 11.9. The molecule has 1 fully saturated rings. The highest BCUT2D eigenvalue weighted by Gasteiger charge is 2.62. The second-order valence-electron chi connectivity index (χ2n) is 28.2. The van der Waals surface area contributed by atoms with Crippen molar-refractivity contribution in [3.8, 4) is 33.4 Å².